The van der Waals surface area contributed by atoms with E-state index in [-0.39, 0.29) is 24.4 Å². The van der Waals surface area contributed by atoms with Gasteiger partial charge in [-0.2, -0.15) is 0 Å². The molecule has 0 radical (unpaired) electrons. The number of nitrogens with zero attached hydrogens (tertiary/aromatic N) is 2. The smallest absolute Gasteiger partial charge is 0.241 e. The third-order valence-electron chi connectivity index (χ3n) is 5.71. The van der Waals surface area contributed by atoms with Gasteiger partial charge in [0.25, 0.3) is 0 Å². The Morgan fingerprint density at radius 3 is 2.60 bits per heavy atom. The van der Waals surface area contributed by atoms with Gasteiger partial charge in [0.05, 0.1) is 18.3 Å². The summed E-state index contributed by atoms with van der Waals surface area (Å²) in [5, 5.41) is 2.92. The van der Waals surface area contributed by atoms with Crippen molar-refractivity contribution in [2.24, 2.45) is 11.8 Å². The topological polar surface area (TPSA) is 44.8 Å². The van der Waals surface area contributed by atoms with Crippen LogP contribution in [0.3, 0.4) is 0 Å². The lowest BCUT2D eigenvalue weighted by atomic mass is 9.77. The van der Waals surface area contributed by atoms with E-state index in [1.165, 1.54) is 6.07 Å². The average Bonchev–Trinajstić information content (AvgIpc) is 3.02. The molecule has 1 aliphatic heterocycles. The van der Waals surface area contributed by atoms with Gasteiger partial charge in [0.1, 0.15) is 5.82 Å². The molecule has 1 N–H and O–H groups in total. The Kier molecular flexibility index (Phi) is 5.59. The molecule has 1 aromatic rings. The highest BCUT2D eigenvalue weighted by Gasteiger charge is 2.44. The van der Waals surface area contributed by atoms with Crippen LogP contribution in [0, 0.1) is 17.7 Å². The van der Waals surface area contributed by atoms with Crippen LogP contribution >= 0.6 is 0 Å². The standard InChI is InChI=1S/C19H28FN3O2/c1-22(2)17-8-13-11-23(12-14(13)9-18(17)25-3)19(24)10-21-16-7-5-4-6-15(16)20/h4-7,13-14,17-18,21H,8-12H2,1-3H3/t13-,14+,17-,18-/m1/s1. The predicted octanol–water partition coefficient (Wildman–Crippen LogP) is 2.05. The van der Waals surface area contributed by atoms with Crippen LogP contribution in [0.4, 0.5) is 10.1 Å². The van der Waals surface area contributed by atoms with Crippen molar-refractivity contribution in [3.05, 3.63) is 30.1 Å². The van der Waals surface area contributed by atoms with E-state index in [1.807, 2.05) is 4.90 Å². The van der Waals surface area contributed by atoms with Crippen LogP contribution in [0.5, 0.6) is 0 Å². The monoisotopic (exact) mass is 349 g/mol. The largest absolute Gasteiger partial charge is 0.380 e. The Labute approximate surface area is 149 Å². The summed E-state index contributed by atoms with van der Waals surface area (Å²) >= 11 is 0. The Morgan fingerprint density at radius 1 is 1.28 bits per heavy atom. The van der Waals surface area contributed by atoms with Crippen LogP contribution in [0.25, 0.3) is 0 Å². The number of anilines is 1. The number of fused-ring (bicyclic) bond motifs is 1. The van der Waals surface area contributed by atoms with Crippen LogP contribution in [0.15, 0.2) is 24.3 Å². The predicted molar refractivity (Wildman–Crippen MR) is 96.0 cm³/mol. The highest BCUT2D eigenvalue weighted by atomic mass is 19.1. The normalized spacial score (nSPS) is 28.9. The maximum atomic E-state index is 13.7. The SMILES string of the molecule is CO[C@@H]1C[C@H]2CN(C(=O)CNc3ccccc3F)C[C@H]2C[C@H]1N(C)C. The number of halogens is 1. The van der Waals surface area contributed by atoms with E-state index in [1.54, 1.807) is 25.3 Å². The lowest BCUT2D eigenvalue weighted by Crippen LogP contribution is -2.47. The van der Waals surface area contributed by atoms with Gasteiger partial charge in [-0.15, -0.1) is 0 Å². The van der Waals surface area contributed by atoms with Crippen molar-refractivity contribution in [2.75, 3.05) is 46.2 Å². The summed E-state index contributed by atoms with van der Waals surface area (Å²) in [6.45, 7) is 1.71. The Bertz CT molecular complexity index is 610. The van der Waals surface area contributed by atoms with Crippen molar-refractivity contribution in [1.82, 2.24) is 9.80 Å². The average molecular weight is 349 g/mol. The fraction of sp³-hybridized carbons (Fsp3) is 0.632. The molecule has 2 fully saturated rings. The molecule has 4 atom stereocenters. The number of likely N-dealkylation sites (N-methyl/N-ethyl adjacent to an activating group) is 1. The summed E-state index contributed by atoms with van der Waals surface area (Å²) in [6.07, 6.45) is 2.28. The zero-order valence-corrected chi connectivity index (χ0v) is 15.2. The summed E-state index contributed by atoms with van der Waals surface area (Å²) in [4.78, 5) is 16.7. The summed E-state index contributed by atoms with van der Waals surface area (Å²) < 4.78 is 19.3. The second-order valence-corrected chi connectivity index (χ2v) is 7.43. The van der Waals surface area contributed by atoms with Crippen molar-refractivity contribution >= 4 is 11.6 Å². The second-order valence-electron chi connectivity index (χ2n) is 7.43. The maximum Gasteiger partial charge on any atom is 0.241 e. The fourth-order valence-corrected chi connectivity index (χ4v) is 4.28. The molecule has 3 rings (SSSR count). The molecule has 1 amide bonds. The number of ether oxygens (including phenoxy) is 1. The first-order chi connectivity index (χ1) is 12.0. The molecule has 1 saturated carbocycles. The first-order valence-electron chi connectivity index (χ1n) is 8.95. The summed E-state index contributed by atoms with van der Waals surface area (Å²) in [5.74, 6) is 0.727. The Balaban J connectivity index is 1.57. The molecule has 0 unspecified atom stereocenters. The highest BCUT2D eigenvalue weighted by Crippen LogP contribution is 2.38. The molecule has 1 heterocycles. The number of rotatable bonds is 5. The number of likely N-dealkylation sites (tertiary alicyclic amines) is 1. The van der Waals surface area contributed by atoms with Crippen molar-refractivity contribution in [3.8, 4) is 0 Å². The van der Waals surface area contributed by atoms with E-state index < -0.39 is 0 Å². The summed E-state index contributed by atoms with van der Waals surface area (Å²) in [5.41, 5.74) is 0.375. The Morgan fingerprint density at radius 2 is 1.96 bits per heavy atom. The van der Waals surface area contributed by atoms with Gasteiger partial charge in [-0.3, -0.25) is 4.79 Å². The van der Waals surface area contributed by atoms with Crippen molar-refractivity contribution in [1.29, 1.82) is 0 Å². The van der Waals surface area contributed by atoms with Gasteiger partial charge in [0.2, 0.25) is 5.91 Å². The lowest BCUT2D eigenvalue weighted by Gasteiger charge is -2.40. The van der Waals surface area contributed by atoms with Gasteiger partial charge in [-0.25, -0.2) is 4.39 Å². The zero-order chi connectivity index (χ0) is 18.0. The number of para-hydroxylation sites is 1. The number of hydrogen-bond acceptors (Lipinski definition) is 4. The molecule has 1 aromatic carbocycles. The number of methoxy groups -OCH3 is 1. The van der Waals surface area contributed by atoms with Crippen molar-refractivity contribution in [3.63, 3.8) is 0 Å². The summed E-state index contributed by atoms with van der Waals surface area (Å²) in [6, 6.07) is 6.84. The van der Waals surface area contributed by atoms with E-state index in [2.05, 4.69) is 24.3 Å². The lowest BCUT2D eigenvalue weighted by molar-refractivity contribution is -0.128. The molecule has 0 aromatic heterocycles. The van der Waals surface area contributed by atoms with E-state index in [4.69, 9.17) is 4.74 Å². The molecule has 1 saturated heterocycles. The first-order valence-corrected chi connectivity index (χ1v) is 8.95. The van der Waals surface area contributed by atoms with Gasteiger partial charge >= 0.3 is 0 Å². The van der Waals surface area contributed by atoms with E-state index in [0.717, 1.165) is 25.9 Å². The van der Waals surface area contributed by atoms with Gasteiger partial charge in [-0.05, 0) is 50.9 Å². The molecular formula is C19H28FN3O2. The van der Waals surface area contributed by atoms with Crippen LogP contribution in [-0.2, 0) is 9.53 Å². The molecular weight excluding hydrogens is 321 g/mol. The highest BCUT2D eigenvalue weighted by molar-refractivity contribution is 5.81. The Hall–Kier alpha value is -1.66. The van der Waals surface area contributed by atoms with Crippen LogP contribution in [0.2, 0.25) is 0 Å². The third-order valence-corrected chi connectivity index (χ3v) is 5.71. The number of hydrogen-bond donors (Lipinski definition) is 1. The number of carbonyl (C=O) groups excluding carboxylic acids is 1. The molecule has 0 spiro atoms. The molecule has 0 bridgehead atoms. The van der Waals surface area contributed by atoms with Crippen LogP contribution in [0.1, 0.15) is 12.8 Å². The van der Waals surface area contributed by atoms with Gasteiger partial charge in [-0.1, -0.05) is 12.1 Å². The number of benzene rings is 1. The number of amides is 1. The maximum absolute atomic E-state index is 13.7. The molecule has 6 heteroatoms. The van der Waals surface area contributed by atoms with Gasteiger partial charge < -0.3 is 19.9 Å². The molecule has 1 aliphatic carbocycles. The minimum atomic E-state index is -0.331. The molecule has 5 nitrogen and oxygen atoms in total. The number of carbonyl (C=O) groups is 1. The minimum absolute atomic E-state index is 0.0352. The van der Waals surface area contributed by atoms with Crippen LogP contribution in [-0.4, -0.2) is 68.7 Å². The van der Waals surface area contributed by atoms with E-state index in [0.29, 0.717) is 23.6 Å². The van der Waals surface area contributed by atoms with Crippen LogP contribution < -0.4 is 5.32 Å². The van der Waals surface area contributed by atoms with E-state index in [9.17, 15) is 9.18 Å². The molecule has 2 aliphatic rings. The van der Waals surface area contributed by atoms with E-state index >= 15 is 0 Å². The minimum Gasteiger partial charge on any atom is -0.380 e. The third kappa shape index (κ3) is 3.96. The molecule has 138 valence electrons. The quantitative estimate of drug-likeness (QED) is 0.884. The fourth-order valence-electron chi connectivity index (χ4n) is 4.28. The van der Waals surface area contributed by atoms with Crippen molar-refractivity contribution < 1.29 is 13.9 Å². The van der Waals surface area contributed by atoms with Gasteiger partial charge in [0, 0.05) is 26.2 Å². The van der Waals surface area contributed by atoms with Crippen molar-refractivity contribution in [2.45, 2.75) is 25.0 Å². The first kappa shape index (κ1) is 18.1. The second kappa shape index (κ2) is 7.70. The van der Waals surface area contributed by atoms with Gasteiger partial charge in [0.15, 0.2) is 0 Å². The molecule has 25 heavy (non-hydrogen) atoms. The number of nitrogens with one attached hydrogen (secondary N) is 1. The zero-order valence-electron chi connectivity index (χ0n) is 15.2. The summed E-state index contributed by atoms with van der Waals surface area (Å²) in [7, 11) is 5.96.